The quantitative estimate of drug-likeness (QED) is 0.286. The Morgan fingerprint density at radius 2 is 1.88 bits per heavy atom. The Morgan fingerprint density at radius 3 is 1.88 bits per heavy atom. The van der Waals surface area contributed by atoms with Crippen LogP contribution in [0.15, 0.2) is 5.57 Å². The second-order valence-corrected chi connectivity index (χ2v) is 1.36. The number of rotatable bonds is 1. The summed E-state index contributed by atoms with van der Waals surface area (Å²) in [6, 6.07) is 0. The van der Waals surface area contributed by atoms with Gasteiger partial charge in [-0.2, -0.15) is 0 Å². The molecular formula is C4H6O4. The summed E-state index contributed by atoms with van der Waals surface area (Å²) in [5, 5.41) is 24.3. The molecule has 0 aliphatic rings. The highest BCUT2D eigenvalue weighted by atomic mass is 16.7. The first-order valence-corrected chi connectivity index (χ1v) is 1.87. The molecule has 0 aliphatic carbocycles. The highest BCUT2D eigenvalue weighted by molar-refractivity contribution is 5.52. The first-order chi connectivity index (χ1) is 3.48. The van der Waals surface area contributed by atoms with Gasteiger partial charge < -0.3 is 15.3 Å². The molecule has 0 rings (SSSR count). The molecule has 0 amide bonds. The molecule has 0 aromatic heterocycles. The molecule has 0 heterocycles. The Hall–Kier alpha value is -0.670. The van der Waals surface area contributed by atoms with E-state index in [9.17, 15) is 4.79 Å². The predicted octanol–water partition coefficient (Wildman–Crippen LogP) is -1.61. The summed E-state index contributed by atoms with van der Waals surface area (Å²) < 4.78 is 0. The van der Waals surface area contributed by atoms with Crippen molar-refractivity contribution in [1.29, 1.82) is 0 Å². The van der Waals surface area contributed by atoms with Crippen LogP contribution in [0.2, 0.25) is 0 Å². The minimum Gasteiger partial charge on any atom is -0.339 e. The Labute approximate surface area is 45.7 Å². The van der Waals surface area contributed by atoms with Gasteiger partial charge >= 0.3 is 5.97 Å². The van der Waals surface area contributed by atoms with E-state index in [-0.39, 0.29) is 0 Å². The van der Waals surface area contributed by atoms with E-state index in [4.69, 9.17) is 15.3 Å². The van der Waals surface area contributed by atoms with Gasteiger partial charge in [0, 0.05) is 0 Å². The largest absolute Gasteiger partial charge is 0.339 e. The molecule has 0 unspecified atom stereocenters. The zero-order chi connectivity index (χ0) is 6.78. The molecule has 0 aliphatic heterocycles. The summed E-state index contributed by atoms with van der Waals surface area (Å²) in [6.45, 7) is 1.05. The fraction of sp³-hybridized carbons (Fsp3) is 0.500. The fourth-order valence-electron chi connectivity index (χ4n) is 0.0685. The van der Waals surface area contributed by atoms with Crippen molar-refractivity contribution >= 4 is 5.94 Å². The van der Waals surface area contributed by atoms with Crippen molar-refractivity contribution in [2.75, 3.05) is 0 Å². The number of aliphatic hydroxyl groups is 3. The maximum atomic E-state index is 9.51. The average Bonchev–Trinajstić information content (AvgIpc) is 1.62. The van der Waals surface area contributed by atoms with Crippen LogP contribution < -0.4 is 0 Å². The molecule has 0 saturated carbocycles. The number of hydrogen-bond acceptors (Lipinski definition) is 4. The van der Waals surface area contributed by atoms with Crippen LogP contribution in [0.1, 0.15) is 6.92 Å². The molecule has 46 valence electrons. The summed E-state index contributed by atoms with van der Waals surface area (Å²) in [6.07, 6.45) is 0. The second kappa shape index (κ2) is 2.07. The van der Waals surface area contributed by atoms with Gasteiger partial charge in [-0.3, -0.25) is 0 Å². The van der Waals surface area contributed by atoms with Crippen LogP contribution in [0.5, 0.6) is 0 Å². The maximum absolute atomic E-state index is 9.51. The van der Waals surface area contributed by atoms with Crippen LogP contribution in [0.4, 0.5) is 0 Å². The molecular weight excluding hydrogens is 112 g/mol. The van der Waals surface area contributed by atoms with Crippen LogP contribution in [-0.2, 0) is 4.79 Å². The number of hydrogen-bond donors (Lipinski definition) is 3. The number of carbonyl (C=O) groups excluding carboxylic acids is 1. The van der Waals surface area contributed by atoms with Crippen molar-refractivity contribution in [3.63, 3.8) is 0 Å². The van der Waals surface area contributed by atoms with E-state index in [1.54, 1.807) is 0 Å². The minimum atomic E-state index is -3.00. The summed E-state index contributed by atoms with van der Waals surface area (Å²) in [7, 11) is 0. The van der Waals surface area contributed by atoms with Crippen molar-refractivity contribution < 1.29 is 20.1 Å². The van der Waals surface area contributed by atoms with Gasteiger partial charge in [0.2, 0.25) is 0 Å². The van der Waals surface area contributed by atoms with Gasteiger partial charge in [-0.15, -0.1) is 0 Å². The SMILES string of the molecule is CC(=C=O)C(O)(O)O. The molecule has 0 aromatic rings. The van der Waals surface area contributed by atoms with E-state index in [1.807, 2.05) is 0 Å². The topological polar surface area (TPSA) is 77.8 Å². The third-order valence-electron chi connectivity index (χ3n) is 0.656. The van der Waals surface area contributed by atoms with Gasteiger partial charge in [-0.1, -0.05) is 0 Å². The smallest absolute Gasteiger partial charge is 0.310 e. The fourth-order valence-corrected chi connectivity index (χ4v) is 0.0685. The Morgan fingerprint density at radius 1 is 1.50 bits per heavy atom. The molecule has 0 saturated heterocycles. The van der Waals surface area contributed by atoms with Crippen molar-refractivity contribution in [2.45, 2.75) is 12.9 Å². The van der Waals surface area contributed by atoms with Gasteiger partial charge in [0.15, 0.2) is 0 Å². The third-order valence-corrected chi connectivity index (χ3v) is 0.656. The van der Waals surface area contributed by atoms with Gasteiger partial charge in [0.1, 0.15) is 5.94 Å². The highest BCUT2D eigenvalue weighted by Crippen LogP contribution is 2.02. The first kappa shape index (κ1) is 7.33. The average molecular weight is 118 g/mol. The van der Waals surface area contributed by atoms with Crippen LogP contribution in [0, 0.1) is 0 Å². The van der Waals surface area contributed by atoms with E-state index in [1.165, 1.54) is 0 Å². The molecule has 0 spiro atoms. The lowest BCUT2D eigenvalue weighted by Crippen LogP contribution is -2.28. The zero-order valence-corrected chi connectivity index (χ0v) is 4.25. The third kappa shape index (κ3) is 1.86. The summed E-state index contributed by atoms with van der Waals surface area (Å²) in [4.78, 5) is 9.51. The van der Waals surface area contributed by atoms with Crippen molar-refractivity contribution in [1.82, 2.24) is 0 Å². The van der Waals surface area contributed by atoms with Gasteiger partial charge in [-0.25, -0.2) is 4.79 Å². The lowest BCUT2D eigenvalue weighted by atomic mass is 10.3. The van der Waals surface area contributed by atoms with Crippen LogP contribution in [0.3, 0.4) is 0 Å². The second-order valence-electron chi connectivity index (χ2n) is 1.36. The van der Waals surface area contributed by atoms with Crippen LogP contribution >= 0.6 is 0 Å². The van der Waals surface area contributed by atoms with Gasteiger partial charge in [0.05, 0.1) is 5.57 Å². The highest BCUT2D eigenvalue weighted by Gasteiger charge is 2.21. The first-order valence-electron chi connectivity index (χ1n) is 1.87. The Balaban J connectivity index is 4.26. The predicted molar refractivity (Wildman–Crippen MR) is 24.3 cm³/mol. The molecule has 4 nitrogen and oxygen atoms in total. The van der Waals surface area contributed by atoms with Crippen molar-refractivity contribution in [2.24, 2.45) is 0 Å². The standard InChI is InChI=1S/C4H6O4/c1-3(2-5)4(6,7)8/h6-8H,1H3. The molecule has 8 heavy (non-hydrogen) atoms. The van der Waals surface area contributed by atoms with E-state index in [0.717, 1.165) is 12.9 Å². The summed E-state index contributed by atoms with van der Waals surface area (Å²) in [5.74, 6) is -1.88. The van der Waals surface area contributed by atoms with Gasteiger partial charge in [0.25, 0.3) is 0 Å². The molecule has 0 bridgehead atoms. The monoisotopic (exact) mass is 118 g/mol. The molecule has 0 fully saturated rings. The van der Waals surface area contributed by atoms with Gasteiger partial charge in [-0.05, 0) is 6.92 Å². The van der Waals surface area contributed by atoms with E-state index < -0.39 is 11.5 Å². The van der Waals surface area contributed by atoms with Crippen LogP contribution in [-0.4, -0.2) is 27.2 Å². The summed E-state index contributed by atoms with van der Waals surface area (Å²) >= 11 is 0. The van der Waals surface area contributed by atoms with Crippen molar-refractivity contribution in [3.05, 3.63) is 5.57 Å². The molecule has 0 atom stereocenters. The Kier molecular flexibility index (Phi) is 1.89. The molecule has 4 heteroatoms. The molecule has 3 N–H and O–H groups in total. The molecule has 0 aromatic carbocycles. The van der Waals surface area contributed by atoms with E-state index in [2.05, 4.69) is 0 Å². The lowest BCUT2D eigenvalue weighted by Gasteiger charge is -2.09. The van der Waals surface area contributed by atoms with Crippen LogP contribution in [0.25, 0.3) is 0 Å². The minimum absolute atomic E-state index is 0.558. The normalized spacial score (nSPS) is 10.5. The lowest BCUT2D eigenvalue weighted by molar-refractivity contribution is -0.280. The maximum Gasteiger partial charge on any atom is 0.310 e. The summed E-state index contributed by atoms with van der Waals surface area (Å²) in [5.41, 5.74) is -0.558. The zero-order valence-electron chi connectivity index (χ0n) is 4.25. The van der Waals surface area contributed by atoms with E-state index >= 15 is 0 Å². The Bertz CT molecular complexity index is 125. The van der Waals surface area contributed by atoms with Crippen molar-refractivity contribution in [3.8, 4) is 0 Å². The van der Waals surface area contributed by atoms with E-state index in [0.29, 0.717) is 0 Å². The molecule has 0 radical (unpaired) electrons.